The van der Waals surface area contributed by atoms with Gasteiger partial charge >= 0.3 is 0 Å². The van der Waals surface area contributed by atoms with Gasteiger partial charge in [0.25, 0.3) is 0 Å². The van der Waals surface area contributed by atoms with Crippen molar-refractivity contribution in [2.24, 2.45) is 14.1 Å². The Hall–Kier alpha value is -1.79. The van der Waals surface area contributed by atoms with E-state index in [-0.39, 0.29) is 5.75 Å². The average Bonchev–Trinajstić information content (AvgIpc) is 3.09. The summed E-state index contributed by atoms with van der Waals surface area (Å²) >= 11 is 5.39. The number of aromatic nitrogens is 3. The lowest BCUT2D eigenvalue weighted by atomic mass is 10.2. The molecule has 0 aliphatic heterocycles. The Labute approximate surface area is 133 Å². The van der Waals surface area contributed by atoms with Crippen LogP contribution in [0.25, 0.3) is 32.5 Å². The van der Waals surface area contributed by atoms with Crippen LogP contribution in [-0.4, -0.2) is 19.5 Å². The van der Waals surface area contributed by atoms with Crippen LogP contribution in [-0.2, 0) is 14.1 Å². The Morgan fingerprint density at radius 1 is 1.19 bits per heavy atom. The van der Waals surface area contributed by atoms with E-state index in [1.165, 1.54) is 4.70 Å². The van der Waals surface area contributed by atoms with E-state index in [1.807, 2.05) is 24.8 Å². The summed E-state index contributed by atoms with van der Waals surface area (Å²) in [6.07, 6.45) is 0. The predicted octanol–water partition coefficient (Wildman–Crippen LogP) is 4.26. The van der Waals surface area contributed by atoms with Crippen LogP contribution in [0, 0.1) is 0 Å². The molecule has 0 spiro atoms. The first-order chi connectivity index (χ1) is 10.1. The minimum absolute atomic E-state index is 0.268. The quantitative estimate of drug-likeness (QED) is 0.550. The van der Waals surface area contributed by atoms with Crippen molar-refractivity contribution in [3.05, 3.63) is 34.1 Å². The SMILES string of the molecule is Cn1nc(-c2c(Br)c3ccc(O)cc3n2C)c2sccc21. The standard InChI is InChI=1S/C15H12BrN3OS/c1-18-11-7-8(20)3-4-9(11)12(16)14(18)13-15-10(5-6-21-15)19(2)17-13/h3-7,20H,1-2H3. The van der Waals surface area contributed by atoms with E-state index in [1.54, 1.807) is 23.5 Å². The lowest BCUT2D eigenvalue weighted by Crippen LogP contribution is -1.94. The van der Waals surface area contributed by atoms with Gasteiger partial charge < -0.3 is 9.67 Å². The zero-order valence-electron chi connectivity index (χ0n) is 11.5. The maximum absolute atomic E-state index is 9.72. The number of phenolic OH excluding ortho intramolecular Hbond substituents is 1. The first kappa shape index (κ1) is 12.9. The Morgan fingerprint density at radius 2 is 2.00 bits per heavy atom. The molecule has 1 aromatic carbocycles. The van der Waals surface area contributed by atoms with Gasteiger partial charge in [0, 0.05) is 25.5 Å². The van der Waals surface area contributed by atoms with Crippen LogP contribution in [0.15, 0.2) is 34.1 Å². The molecule has 0 saturated heterocycles. The van der Waals surface area contributed by atoms with Gasteiger partial charge in [-0.1, -0.05) is 0 Å². The van der Waals surface area contributed by atoms with E-state index >= 15 is 0 Å². The molecule has 0 aliphatic rings. The van der Waals surface area contributed by atoms with Crippen molar-refractivity contribution >= 4 is 48.4 Å². The molecule has 4 nitrogen and oxygen atoms in total. The highest BCUT2D eigenvalue weighted by molar-refractivity contribution is 9.10. The third-order valence-electron chi connectivity index (χ3n) is 3.80. The number of hydrogen-bond donors (Lipinski definition) is 1. The van der Waals surface area contributed by atoms with E-state index in [2.05, 4.69) is 37.0 Å². The van der Waals surface area contributed by atoms with E-state index in [0.29, 0.717) is 0 Å². The summed E-state index contributed by atoms with van der Waals surface area (Å²) in [7, 11) is 3.96. The summed E-state index contributed by atoms with van der Waals surface area (Å²) in [5.74, 6) is 0.268. The first-order valence-electron chi connectivity index (χ1n) is 6.45. The van der Waals surface area contributed by atoms with Gasteiger partial charge in [0.05, 0.1) is 25.9 Å². The molecule has 0 saturated carbocycles. The molecule has 0 amide bonds. The van der Waals surface area contributed by atoms with E-state index in [4.69, 9.17) is 0 Å². The van der Waals surface area contributed by atoms with Crippen LogP contribution < -0.4 is 0 Å². The highest BCUT2D eigenvalue weighted by atomic mass is 79.9. The Balaban J connectivity index is 2.13. The van der Waals surface area contributed by atoms with Gasteiger partial charge in [-0.15, -0.1) is 11.3 Å². The van der Waals surface area contributed by atoms with Gasteiger partial charge in [-0.3, -0.25) is 4.68 Å². The van der Waals surface area contributed by atoms with E-state index in [0.717, 1.165) is 32.3 Å². The van der Waals surface area contributed by atoms with Crippen molar-refractivity contribution in [1.29, 1.82) is 0 Å². The maximum Gasteiger partial charge on any atom is 0.128 e. The minimum atomic E-state index is 0.268. The fraction of sp³-hybridized carbons (Fsp3) is 0.133. The van der Waals surface area contributed by atoms with Crippen LogP contribution in [0.2, 0.25) is 0 Å². The number of nitrogens with zero attached hydrogens (tertiary/aromatic N) is 3. The van der Waals surface area contributed by atoms with Gasteiger partial charge in [-0.25, -0.2) is 0 Å². The van der Waals surface area contributed by atoms with E-state index < -0.39 is 0 Å². The minimum Gasteiger partial charge on any atom is -0.508 e. The van der Waals surface area contributed by atoms with Gasteiger partial charge in [-0.2, -0.15) is 5.10 Å². The molecule has 21 heavy (non-hydrogen) atoms. The summed E-state index contributed by atoms with van der Waals surface area (Å²) in [6.45, 7) is 0. The fourth-order valence-corrected chi connectivity index (χ4v) is 4.47. The number of phenols is 1. The molecule has 0 bridgehead atoms. The number of aromatic hydroxyl groups is 1. The molecular formula is C15H12BrN3OS. The summed E-state index contributed by atoms with van der Waals surface area (Å²) < 4.78 is 6.16. The van der Waals surface area contributed by atoms with Gasteiger partial charge in [-0.05, 0) is 39.5 Å². The maximum atomic E-state index is 9.72. The third-order valence-corrected chi connectivity index (χ3v) is 5.52. The molecule has 0 unspecified atom stereocenters. The van der Waals surface area contributed by atoms with E-state index in [9.17, 15) is 5.11 Å². The molecule has 0 fully saturated rings. The molecular weight excluding hydrogens is 350 g/mol. The predicted molar refractivity (Wildman–Crippen MR) is 89.9 cm³/mol. The highest BCUT2D eigenvalue weighted by Crippen LogP contribution is 2.41. The average molecular weight is 362 g/mol. The molecule has 0 radical (unpaired) electrons. The Morgan fingerprint density at radius 3 is 2.81 bits per heavy atom. The second kappa shape index (κ2) is 4.35. The van der Waals surface area contributed by atoms with Crippen LogP contribution >= 0.6 is 27.3 Å². The van der Waals surface area contributed by atoms with Crippen molar-refractivity contribution in [3.8, 4) is 17.1 Å². The zero-order chi connectivity index (χ0) is 14.7. The van der Waals surface area contributed by atoms with Crippen molar-refractivity contribution in [2.75, 3.05) is 0 Å². The number of fused-ring (bicyclic) bond motifs is 2. The van der Waals surface area contributed by atoms with Crippen LogP contribution in [0.4, 0.5) is 0 Å². The molecule has 1 N–H and O–H groups in total. The Kier molecular flexibility index (Phi) is 2.68. The van der Waals surface area contributed by atoms with Crippen molar-refractivity contribution in [1.82, 2.24) is 14.3 Å². The number of thiophene rings is 1. The molecule has 0 aliphatic carbocycles. The molecule has 3 heterocycles. The topological polar surface area (TPSA) is 43.0 Å². The first-order valence-corrected chi connectivity index (χ1v) is 8.12. The monoisotopic (exact) mass is 361 g/mol. The summed E-state index contributed by atoms with van der Waals surface area (Å²) in [4.78, 5) is 0. The van der Waals surface area contributed by atoms with Crippen molar-refractivity contribution < 1.29 is 5.11 Å². The summed E-state index contributed by atoms with van der Waals surface area (Å²) in [5.41, 5.74) is 4.11. The summed E-state index contributed by atoms with van der Waals surface area (Å²) in [5, 5.41) is 17.5. The highest BCUT2D eigenvalue weighted by Gasteiger charge is 2.21. The largest absolute Gasteiger partial charge is 0.508 e. The molecule has 4 rings (SSSR count). The number of halogens is 1. The number of benzene rings is 1. The normalized spacial score (nSPS) is 11.8. The zero-order valence-corrected chi connectivity index (χ0v) is 13.9. The third kappa shape index (κ3) is 1.69. The molecule has 3 aromatic heterocycles. The molecule has 106 valence electrons. The van der Waals surface area contributed by atoms with Crippen molar-refractivity contribution in [3.63, 3.8) is 0 Å². The second-order valence-corrected chi connectivity index (χ2v) is 6.74. The molecule has 6 heteroatoms. The molecule has 0 atom stereocenters. The number of aryl methyl sites for hydroxylation is 2. The second-order valence-electron chi connectivity index (χ2n) is 5.03. The van der Waals surface area contributed by atoms with Crippen molar-refractivity contribution in [2.45, 2.75) is 0 Å². The lowest BCUT2D eigenvalue weighted by molar-refractivity contribution is 0.476. The smallest absolute Gasteiger partial charge is 0.128 e. The lowest BCUT2D eigenvalue weighted by Gasteiger charge is -2.02. The fourth-order valence-electron chi connectivity index (χ4n) is 2.78. The summed E-state index contributed by atoms with van der Waals surface area (Å²) in [6, 6.07) is 7.49. The van der Waals surface area contributed by atoms with Crippen LogP contribution in [0.5, 0.6) is 5.75 Å². The van der Waals surface area contributed by atoms with Gasteiger partial charge in [0.1, 0.15) is 11.4 Å². The molecule has 4 aromatic rings. The van der Waals surface area contributed by atoms with Crippen LogP contribution in [0.1, 0.15) is 0 Å². The van der Waals surface area contributed by atoms with Gasteiger partial charge in [0.15, 0.2) is 0 Å². The number of hydrogen-bond acceptors (Lipinski definition) is 3. The van der Waals surface area contributed by atoms with Gasteiger partial charge in [0.2, 0.25) is 0 Å². The number of rotatable bonds is 1. The van der Waals surface area contributed by atoms with Crippen LogP contribution in [0.3, 0.4) is 0 Å². The Bertz CT molecular complexity index is 996.